The highest BCUT2D eigenvalue weighted by molar-refractivity contribution is 5.82. The number of ether oxygens (including phenoxy) is 2. The molecule has 1 aliphatic rings. The standard InChI is InChI=1S/C15H18F3NO4/c1-3-9(13(20)15(16,17)18)19-14(21)12-8(2)22-10-6-4-5-7-11(10)23-12/h4-9,12-13,20H,3H2,1-2H3,(H,19,21). The molecule has 8 heteroatoms. The van der Waals surface area contributed by atoms with Crippen molar-refractivity contribution < 1.29 is 32.5 Å². The van der Waals surface area contributed by atoms with Gasteiger partial charge in [-0.1, -0.05) is 19.1 Å². The summed E-state index contributed by atoms with van der Waals surface area (Å²) < 4.78 is 48.8. The average Bonchev–Trinajstić information content (AvgIpc) is 2.50. The second kappa shape index (κ2) is 6.66. The molecule has 1 aliphatic heterocycles. The zero-order valence-corrected chi connectivity index (χ0v) is 12.6. The molecular formula is C15H18F3NO4. The summed E-state index contributed by atoms with van der Waals surface area (Å²) in [6.45, 7) is 3.03. The number of aliphatic hydroxyl groups excluding tert-OH is 1. The summed E-state index contributed by atoms with van der Waals surface area (Å²) >= 11 is 0. The quantitative estimate of drug-likeness (QED) is 0.885. The molecule has 0 fully saturated rings. The van der Waals surface area contributed by atoms with Crippen LogP contribution in [0.25, 0.3) is 0 Å². The van der Waals surface area contributed by atoms with Crippen molar-refractivity contribution in [1.82, 2.24) is 5.32 Å². The minimum Gasteiger partial charge on any atom is -0.482 e. The monoisotopic (exact) mass is 333 g/mol. The van der Waals surface area contributed by atoms with E-state index in [-0.39, 0.29) is 6.42 Å². The predicted octanol–water partition coefficient (Wildman–Crippen LogP) is 2.03. The van der Waals surface area contributed by atoms with Gasteiger partial charge in [-0.2, -0.15) is 13.2 Å². The van der Waals surface area contributed by atoms with Gasteiger partial charge in [0.15, 0.2) is 17.6 Å². The van der Waals surface area contributed by atoms with Gasteiger partial charge in [0.05, 0.1) is 6.04 Å². The molecule has 23 heavy (non-hydrogen) atoms. The molecule has 0 aromatic heterocycles. The van der Waals surface area contributed by atoms with Crippen molar-refractivity contribution >= 4 is 5.91 Å². The summed E-state index contributed by atoms with van der Waals surface area (Å²) in [5, 5.41) is 11.5. The number of para-hydroxylation sites is 2. The fourth-order valence-electron chi connectivity index (χ4n) is 2.30. The minimum atomic E-state index is -4.81. The van der Waals surface area contributed by atoms with Gasteiger partial charge in [0.25, 0.3) is 5.91 Å². The predicted molar refractivity (Wildman–Crippen MR) is 75.2 cm³/mol. The van der Waals surface area contributed by atoms with Gasteiger partial charge in [-0.3, -0.25) is 4.79 Å². The molecule has 4 unspecified atom stereocenters. The Morgan fingerprint density at radius 1 is 1.30 bits per heavy atom. The van der Waals surface area contributed by atoms with Gasteiger partial charge in [-0.25, -0.2) is 0 Å². The fourth-order valence-corrected chi connectivity index (χ4v) is 2.30. The Morgan fingerprint density at radius 3 is 2.39 bits per heavy atom. The number of halogens is 3. The second-order valence-corrected chi connectivity index (χ2v) is 5.32. The number of benzene rings is 1. The van der Waals surface area contributed by atoms with E-state index in [1.54, 1.807) is 31.2 Å². The molecule has 0 bridgehead atoms. The fraction of sp³-hybridized carbons (Fsp3) is 0.533. The van der Waals surface area contributed by atoms with Crippen molar-refractivity contribution in [3.05, 3.63) is 24.3 Å². The molecule has 4 atom stereocenters. The van der Waals surface area contributed by atoms with Crippen molar-refractivity contribution in [2.24, 2.45) is 0 Å². The molecule has 1 amide bonds. The molecule has 0 spiro atoms. The van der Waals surface area contributed by atoms with Crippen LogP contribution in [0.1, 0.15) is 20.3 Å². The van der Waals surface area contributed by atoms with Crippen LogP contribution in [-0.4, -0.2) is 41.5 Å². The normalized spacial score (nSPS) is 23.0. The molecule has 0 saturated carbocycles. The second-order valence-electron chi connectivity index (χ2n) is 5.32. The summed E-state index contributed by atoms with van der Waals surface area (Å²) in [4.78, 5) is 12.2. The first kappa shape index (κ1) is 17.4. The van der Waals surface area contributed by atoms with Gasteiger partial charge < -0.3 is 19.9 Å². The van der Waals surface area contributed by atoms with E-state index in [0.717, 1.165) is 0 Å². The molecule has 2 N–H and O–H groups in total. The van der Waals surface area contributed by atoms with Crippen LogP contribution in [-0.2, 0) is 4.79 Å². The third kappa shape index (κ3) is 3.87. The number of hydrogen-bond acceptors (Lipinski definition) is 4. The van der Waals surface area contributed by atoms with E-state index in [4.69, 9.17) is 9.47 Å². The van der Waals surface area contributed by atoms with Crippen LogP contribution in [0.4, 0.5) is 13.2 Å². The number of rotatable bonds is 4. The first-order valence-corrected chi connectivity index (χ1v) is 7.21. The number of amides is 1. The maximum atomic E-state index is 12.6. The van der Waals surface area contributed by atoms with E-state index in [0.29, 0.717) is 11.5 Å². The molecule has 1 aromatic rings. The zero-order chi connectivity index (χ0) is 17.2. The van der Waals surface area contributed by atoms with Crippen molar-refractivity contribution in [3.63, 3.8) is 0 Å². The van der Waals surface area contributed by atoms with E-state index in [2.05, 4.69) is 5.32 Å². The first-order chi connectivity index (χ1) is 10.7. The Balaban J connectivity index is 2.08. The van der Waals surface area contributed by atoms with Gasteiger partial charge in [0, 0.05) is 0 Å². The molecule has 1 aromatic carbocycles. The molecule has 1 heterocycles. The summed E-state index contributed by atoms with van der Waals surface area (Å²) in [5.74, 6) is 0.0451. The zero-order valence-electron chi connectivity index (χ0n) is 12.6. The van der Waals surface area contributed by atoms with Crippen molar-refractivity contribution in [2.45, 2.75) is 50.8 Å². The first-order valence-electron chi connectivity index (χ1n) is 7.21. The number of carbonyl (C=O) groups excluding carboxylic acids is 1. The highest BCUT2D eigenvalue weighted by Gasteiger charge is 2.44. The van der Waals surface area contributed by atoms with E-state index in [1.807, 2.05) is 0 Å². The van der Waals surface area contributed by atoms with Gasteiger partial charge in [0.1, 0.15) is 6.10 Å². The molecule has 128 valence electrons. The Hall–Kier alpha value is -1.96. The smallest absolute Gasteiger partial charge is 0.416 e. The Bertz CT molecular complexity index is 564. The number of carbonyl (C=O) groups is 1. The Kier molecular flexibility index (Phi) is 5.03. The lowest BCUT2D eigenvalue weighted by molar-refractivity contribution is -0.212. The van der Waals surface area contributed by atoms with Crippen LogP contribution in [0.15, 0.2) is 24.3 Å². The number of fused-ring (bicyclic) bond motifs is 1. The van der Waals surface area contributed by atoms with Crippen LogP contribution in [0, 0.1) is 0 Å². The van der Waals surface area contributed by atoms with Crippen LogP contribution >= 0.6 is 0 Å². The molecular weight excluding hydrogens is 315 g/mol. The summed E-state index contributed by atoms with van der Waals surface area (Å²) in [7, 11) is 0. The Morgan fingerprint density at radius 2 is 1.87 bits per heavy atom. The van der Waals surface area contributed by atoms with Crippen molar-refractivity contribution in [3.8, 4) is 11.5 Å². The molecule has 0 radical (unpaired) electrons. The summed E-state index contributed by atoms with van der Waals surface area (Å²) in [5.41, 5.74) is 0. The number of alkyl halides is 3. The SMILES string of the molecule is CCC(NC(=O)C1Oc2ccccc2OC1C)C(O)C(F)(F)F. The summed E-state index contributed by atoms with van der Waals surface area (Å²) in [6, 6.07) is 5.25. The number of nitrogens with one attached hydrogen (secondary N) is 1. The third-order valence-electron chi connectivity index (χ3n) is 3.58. The number of hydrogen-bond donors (Lipinski definition) is 2. The van der Waals surface area contributed by atoms with E-state index in [9.17, 15) is 23.1 Å². The van der Waals surface area contributed by atoms with Crippen molar-refractivity contribution in [1.29, 1.82) is 0 Å². The van der Waals surface area contributed by atoms with Gasteiger partial charge in [0.2, 0.25) is 6.10 Å². The molecule has 5 nitrogen and oxygen atoms in total. The van der Waals surface area contributed by atoms with E-state index in [1.165, 1.54) is 6.92 Å². The van der Waals surface area contributed by atoms with Gasteiger partial charge in [-0.15, -0.1) is 0 Å². The van der Waals surface area contributed by atoms with E-state index >= 15 is 0 Å². The summed E-state index contributed by atoms with van der Waals surface area (Å²) in [6.07, 6.45) is -9.30. The minimum absolute atomic E-state index is 0.0784. The van der Waals surface area contributed by atoms with E-state index < -0.39 is 36.4 Å². The maximum absolute atomic E-state index is 12.6. The lowest BCUT2D eigenvalue weighted by Gasteiger charge is -2.33. The molecule has 0 aliphatic carbocycles. The third-order valence-corrected chi connectivity index (χ3v) is 3.58. The largest absolute Gasteiger partial charge is 0.482 e. The number of aliphatic hydroxyl groups is 1. The van der Waals surface area contributed by atoms with Gasteiger partial charge >= 0.3 is 6.18 Å². The maximum Gasteiger partial charge on any atom is 0.416 e. The van der Waals surface area contributed by atoms with Crippen LogP contribution in [0.2, 0.25) is 0 Å². The highest BCUT2D eigenvalue weighted by Crippen LogP contribution is 2.33. The topological polar surface area (TPSA) is 67.8 Å². The highest BCUT2D eigenvalue weighted by atomic mass is 19.4. The average molecular weight is 333 g/mol. The lowest BCUT2D eigenvalue weighted by Crippen LogP contribution is -2.56. The Labute approximate surface area is 131 Å². The molecule has 2 rings (SSSR count). The lowest BCUT2D eigenvalue weighted by atomic mass is 10.1. The van der Waals surface area contributed by atoms with Gasteiger partial charge in [-0.05, 0) is 25.5 Å². The van der Waals surface area contributed by atoms with Crippen LogP contribution < -0.4 is 14.8 Å². The van der Waals surface area contributed by atoms with Crippen molar-refractivity contribution in [2.75, 3.05) is 0 Å². The molecule has 0 saturated heterocycles. The van der Waals surface area contributed by atoms with Crippen LogP contribution in [0.3, 0.4) is 0 Å². The van der Waals surface area contributed by atoms with Crippen LogP contribution in [0.5, 0.6) is 11.5 Å².